The molecule has 0 fully saturated rings. The third kappa shape index (κ3) is 5.06. The number of halogens is 2. The number of rotatable bonds is 2. The van der Waals surface area contributed by atoms with Crippen molar-refractivity contribution < 1.29 is 9.59 Å². The van der Waals surface area contributed by atoms with Crippen LogP contribution in [0.2, 0.25) is 0 Å². The monoisotopic (exact) mass is 548 g/mol. The zero-order valence-corrected chi connectivity index (χ0v) is 23.4. The van der Waals surface area contributed by atoms with Crippen LogP contribution in [0.15, 0.2) is 21.1 Å². The van der Waals surface area contributed by atoms with E-state index in [1.165, 1.54) is 35.1 Å². The van der Waals surface area contributed by atoms with Crippen molar-refractivity contribution in [1.29, 1.82) is 0 Å². The number of hydrogen-bond acceptors (Lipinski definition) is 2. The van der Waals surface area contributed by atoms with Gasteiger partial charge in [0.2, 0.25) is 0 Å². The molecule has 2 nitrogen and oxygen atoms in total. The number of aldehydes is 1. The standard InChI is InChI=1S/C16H21BrO.C11H13BrO/c1-10(18)11-8-12-13(9-14(11)17)16(4,5)7-6-15(12,2)3;1-6-7(2)9(4)11(12)10(5-13)8(6)3/h8-9H,6-7H2,1-5H3;5H,1-4H3. The molecule has 0 aliphatic heterocycles. The van der Waals surface area contributed by atoms with Crippen LogP contribution in [-0.2, 0) is 10.8 Å². The van der Waals surface area contributed by atoms with Gasteiger partial charge in [0.25, 0.3) is 0 Å². The maximum absolute atomic E-state index is 11.7. The van der Waals surface area contributed by atoms with Crippen molar-refractivity contribution in [2.45, 2.75) is 86.0 Å². The molecule has 3 rings (SSSR count). The Morgan fingerprint density at radius 1 is 0.839 bits per heavy atom. The number of Topliss-reactive ketones (excluding diaryl/α,β-unsaturated/α-hetero) is 1. The summed E-state index contributed by atoms with van der Waals surface area (Å²) in [4.78, 5) is 22.5. The second-order valence-corrected chi connectivity index (χ2v) is 11.7. The lowest BCUT2D eigenvalue weighted by Gasteiger charge is -2.42. The van der Waals surface area contributed by atoms with Crippen molar-refractivity contribution in [3.8, 4) is 0 Å². The Morgan fingerprint density at radius 3 is 1.74 bits per heavy atom. The number of benzene rings is 2. The Hall–Kier alpha value is -1.26. The first-order chi connectivity index (χ1) is 14.2. The first kappa shape index (κ1) is 26.0. The van der Waals surface area contributed by atoms with Crippen LogP contribution in [0.1, 0.15) is 102 Å². The predicted molar refractivity (Wildman–Crippen MR) is 138 cm³/mol. The summed E-state index contributed by atoms with van der Waals surface area (Å²) in [6, 6.07) is 4.26. The molecule has 0 heterocycles. The number of ketones is 1. The van der Waals surface area contributed by atoms with Gasteiger partial charge in [0, 0.05) is 20.1 Å². The first-order valence-corrected chi connectivity index (χ1v) is 12.3. The van der Waals surface area contributed by atoms with E-state index in [0.29, 0.717) is 0 Å². The smallest absolute Gasteiger partial charge is 0.160 e. The molecule has 0 atom stereocenters. The van der Waals surface area contributed by atoms with E-state index in [1.54, 1.807) is 6.92 Å². The van der Waals surface area contributed by atoms with Crippen molar-refractivity contribution in [2.75, 3.05) is 0 Å². The third-order valence-electron chi connectivity index (χ3n) is 7.09. The topological polar surface area (TPSA) is 34.1 Å². The molecule has 0 N–H and O–H groups in total. The highest BCUT2D eigenvalue weighted by molar-refractivity contribution is 9.10. The fourth-order valence-electron chi connectivity index (χ4n) is 4.29. The van der Waals surface area contributed by atoms with Gasteiger partial charge in [0.1, 0.15) is 0 Å². The van der Waals surface area contributed by atoms with Gasteiger partial charge in [-0.2, -0.15) is 0 Å². The van der Waals surface area contributed by atoms with E-state index in [1.807, 2.05) is 13.8 Å². The average molecular weight is 550 g/mol. The predicted octanol–water partition coefficient (Wildman–Crippen LogP) is 8.50. The molecule has 0 amide bonds. The Bertz CT molecular complexity index is 1020. The number of hydrogen-bond donors (Lipinski definition) is 0. The average Bonchev–Trinajstić information content (AvgIpc) is 2.69. The van der Waals surface area contributed by atoms with Crippen LogP contribution in [0, 0.1) is 27.7 Å². The molecule has 4 heteroatoms. The van der Waals surface area contributed by atoms with Gasteiger partial charge in [-0.25, -0.2) is 0 Å². The van der Waals surface area contributed by atoms with Crippen molar-refractivity contribution in [2.24, 2.45) is 0 Å². The van der Waals surface area contributed by atoms with Crippen LogP contribution in [0.3, 0.4) is 0 Å². The summed E-state index contributed by atoms with van der Waals surface area (Å²) < 4.78 is 1.86. The summed E-state index contributed by atoms with van der Waals surface area (Å²) in [6.45, 7) is 18.9. The molecular weight excluding hydrogens is 516 g/mol. The summed E-state index contributed by atoms with van der Waals surface area (Å²) in [6.07, 6.45) is 3.28. The second-order valence-electron chi connectivity index (χ2n) is 10.0. The van der Waals surface area contributed by atoms with Crippen LogP contribution in [-0.4, -0.2) is 12.1 Å². The number of carbonyl (C=O) groups is 2. The van der Waals surface area contributed by atoms with E-state index in [4.69, 9.17) is 0 Å². The number of carbonyl (C=O) groups excluding carboxylic acids is 2. The molecule has 0 saturated heterocycles. The molecule has 1 aliphatic carbocycles. The molecule has 0 saturated carbocycles. The normalized spacial score (nSPS) is 16.1. The fraction of sp³-hybridized carbons (Fsp3) is 0.481. The van der Waals surface area contributed by atoms with Gasteiger partial charge in [-0.15, -0.1) is 0 Å². The van der Waals surface area contributed by atoms with Crippen LogP contribution in [0.4, 0.5) is 0 Å². The zero-order valence-electron chi connectivity index (χ0n) is 20.2. The quantitative estimate of drug-likeness (QED) is 0.278. The molecule has 1 aliphatic rings. The van der Waals surface area contributed by atoms with Gasteiger partial charge in [-0.05, 0) is 120 Å². The van der Waals surface area contributed by atoms with E-state index in [9.17, 15) is 9.59 Å². The van der Waals surface area contributed by atoms with Gasteiger partial charge in [0.05, 0.1) is 0 Å². The Morgan fingerprint density at radius 2 is 1.29 bits per heavy atom. The molecule has 2 aromatic carbocycles. The summed E-state index contributed by atoms with van der Waals surface area (Å²) in [7, 11) is 0. The van der Waals surface area contributed by atoms with Crippen LogP contribution >= 0.6 is 31.9 Å². The summed E-state index contributed by atoms with van der Waals surface area (Å²) >= 11 is 6.99. The lowest BCUT2D eigenvalue weighted by molar-refractivity contribution is 0.101. The highest BCUT2D eigenvalue weighted by atomic mass is 79.9. The van der Waals surface area contributed by atoms with Crippen LogP contribution < -0.4 is 0 Å². The van der Waals surface area contributed by atoms with Crippen LogP contribution in [0.5, 0.6) is 0 Å². The molecule has 0 aromatic heterocycles. The minimum absolute atomic E-state index is 0.129. The maximum atomic E-state index is 11.7. The van der Waals surface area contributed by atoms with Gasteiger partial charge in [0.15, 0.2) is 12.1 Å². The summed E-state index contributed by atoms with van der Waals surface area (Å²) in [5, 5.41) is 0. The van der Waals surface area contributed by atoms with E-state index < -0.39 is 0 Å². The molecule has 2 aromatic rings. The molecule has 0 spiro atoms. The Labute approximate surface area is 204 Å². The van der Waals surface area contributed by atoms with Gasteiger partial charge in [-0.1, -0.05) is 43.6 Å². The van der Waals surface area contributed by atoms with Gasteiger partial charge in [-0.3, -0.25) is 9.59 Å². The highest BCUT2D eigenvalue weighted by Crippen LogP contribution is 2.47. The number of fused-ring (bicyclic) bond motifs is 1. The van der Waals surface area contributed by atoms with Crippen molar-refractivity contribution in [1.82, 2.24) is 0 Å². The maximum Gasteiger partial charge on any atom is 0.160 e. The molecule has 0 bridgehead atoms. The van der Waals surface area contributed by atoms with E-state index in [0.717, 1.165) is 37.5 Å². The molecular formula is C27H34Br2O2. The minimum atomic E-state index is 0.129. The van der Waals surface area contributed by atoms with Crippen LogP contribution in [0.25, 0.3) is 0 Å². The van der Waals surface area contributed by atoms with Crippen molar-refractivity contribution in [3.05, 3.63) is 65.6 Å². The Balaban J connectivity index is 0.000000233. The molecule has 31 heavy (non-hydrogen) atoms. The highest BCUT2D eigenvalue weighted by Gasteiger charge is 2.37. The third-order valence-corrected chi connectivity index (χ3v) is 8.77. The minimum Gasteiger partial charge on any atom is -0.298 e. The van der Waals surface area contributed by atoms with Gasteiger partial charge >= 0.3 is 0 Å². The largest absolute Gasteiger partial charge is 0.298 e. The summed E-state index contributed by atoms with van der Waals surface area (Å²) in [5.41, 5.74) is 9.37. The lowest BCUT2D eigenvalue weighted by atomic mass is 9.63. The lowest BCUT2D eigenvalue weighted by Crippen LogP contribution is -2.34. The fourth-order valence-corrected chi connectivity index (χ4v) is 5.60. The van der Waals surface area contributed by atoms with Gasteiger partial charge < -0.3 is 0 Å². The van der Waals surface area contributed by atoms with Crippen molar-refractivity contribution in [3.63, 3.8) is 0 Å². The second kappa shape index (κ2) is 9.31. The van der Waals surface area contributed by atoms with E-state index in [-0.39, 0.29) is 16.6 Å². The zero-order chi connectivity index (χ0) is 23.9. The first-order valence-electron chi connectivity index (χ1n) is 10.7. The molecule has 0 radical (unpaired) electrons. The van der Waals surface area contributed by atoms with Crippen molar-refractivity contribution >= 4 is 43.9 Å². The summed E-state index contributed by atoms with van der Waals surface area (Å²) in [5.74, 6) is 0.129. The molecule has 168 valence electrons. The van der Waals surface area contributed by atoms with E-state index in [2.05, 4.69) is 85.5 Å². The molecule has 0 unspecified atom stereocenters. The Kier molecular flexibility index (Phi) is 7.81. The SMILES string of the molecule is CC(=O)c1cc2c(cc1Br)C(C)(C)CCC2(C)C.Cc1c(C)c(C)c(C=O)c(Br)c1C. The van der Waals surface area contributed by atoms with E-state index >= 15 is 0 Å².